The summed E-state index contributed by atoms with van der Waals surface area (Å²) in [5.41, 5.74) is 0.799. The Kier molecular flexibility index (Phi) is 5.92. The molecule has 0 spiro atoms. The number of nitrogens with zero attached hydrogens (tertiary/aromatic N) is 4. The molecule has 0 saturated carbocycles. The van der Waals surface area contributed by atoms with Crippen LogP contribution >= 0.6 is 0 Å². The maximum absolute atomic E-state index is 12.1. The first-order valence-corrected chi connectivity index (χ1v) is 8.05. The molecule has 1 amide bonds. The van der Waals surface area contributed by atoms with Crippen LogP contribution < -0.4 is 4.90 Å². The normalized spacial score (nSPS) is 15.5. The summed E-state index contributed by atoms with van der Waals surface area (Å²) in [6, 6.07) is 6.82. The maximum Gasteiger partial charge on any atom is 0.292 e. The van der Waals surface area contributed by atoms with E-state index in [0.29, 0.717) is 25.3 Å². The fraction of sp³-hybridized carbons (Fsp3) is 0.562. The molecule has 7 nitrogen and oxygen atoms in total. The molecule has 0 atom stereocenters. The zero-order valence-corrected chi connectivity index (χ0v) is 13.8. The number of benzene rings is 1. The minimum absolute atomic E-state index is 0.139. The summed E-state index contributed by atoms with van der Waals surface area (Å²) in [5.74, 6) is 0.147. The Balaban J connectivity index is 1.94. The topological polar surface area (TPSA) is 69.9 Å². The number of rotatable bonds is 6. The SMILES string of the molecule is CCN(CC)C(=O)CN1CCN(c2ccccc2[N+](=O)[O-])CC1. The Labute approximate surface area is 136 Å². The average molecular weight is 320 g/mol. The molecule has 0 N–H and O–H groups in total. The number of likely N-dealkylation sites (N-methyl/N-ethyl adjacent to an activating group) is 1. The molecule has 0 unspecified atom stereocenters. The first kappa shape index (κ1) is 17.2. The number of para-hydroxylation sites is 2. The minimum atomic E-state index is -0.342. The van der Waals surface area contributed by atoms with Gasteiger partial charge in [-0.25, -0.2) is 0 Å². The van der Waals surface area contributed by atoms with Crippen LogP contribution in [0.4, 0.5) is 11.4 Å². The molecule has 126 valence electrons. The second-order valence-corrected chi connectivity index (χ2v) is 5.58. The highest BCUT2D eigenvalue weighted by Gasteiger charge is 2.24. The maximum atomic E-state index is 12.1. The van der Waals surface area contributed by atoms with Crippen molar-refractivity contribution >= 4 is 17.3 Å². The van der Waals surface area contributed by atoms with Crippen LogP contribution in [0, 0.1) is 10.1 Å². The quantitative estimate of drug-likeness (QED) is 0.588. The Bertz CT molecular complexity index is 552. The van der Waals surface area contributed by atoms with E-state index >= 15 is 0 Å². The van der Waals surface area contributed by atoms with Crippen molar-refractivity contribution < 1.29 is 9.72 Å². The van der Waals surface area contributed by atoms with Gasteiger partial charge >= 0.3 is 0 Å². The summed E-state index contributed by atoms with van der Waals surface area (Å²) in [5, 5.41) is 11.1. The van der Waals surface area contributed by atoms with Crippen LogP contribution in [0.5, 0.6) is 0 Å². The van der Waals surface area contributed by atoms with E-state index in [2.05, 4.69) is 4.90 Å². The van der Waals surface area contributed by atoms with Crippen LogP contribution in [0.3, 0.4) is 0 Å². The second kappa shape index (κ2) is 7.92. The largest absolute Gasteiger partial charge is 0.363 e. The molecule has 0 radical (unpaired) electrons. The van der Waals surface area contributed by atoms with Crippen LogP contribution in [-0.2, 0) is 4.79 Å². The third-order valence-electron chi connectivity index (χ3n) is 4.27. The molecule has 1 saturated heterocycles. The number of hydrogen-bond acceptors (Lipinski definition) is 5. The van der Waals surface area contributed by atoms with Crippen molar-refractivity contribution in [3.63, 3.8) is 0 Å². The van der Waals surface area contributed by atoms with Crippen LogP contribution in [0.1, 0.15) is 13.8 Å². The van der Waals surface area contributed by atoms with Crippen molar-refractivity contribution in [2.24, 2.45) is 0 Å². The molecule has 0 aliphatic carbocycles. The van der Waals surface area contributed by atoms with Crippen LogP contribution in [0.2, 0.25) is 0 Å². The zero-order chi connectivity index (χ0) is 16.8. The Hall–Kier alpha value is -2.15. The van der Waals surface area contributed by atoms with Gasteiger partial charge in [0.1, 0.15) is 5.69 Å². The van der Waals surface area contributed by atoms with E-state index in [9.17, 15) is 14.9 Å². The Morgan fingerprint density at radius 3 is 2.35 bits per heavy atom. The van der Waals surface area contributed by atoms with Gasteiger partial charge in [-0.05, 0) is 19.9 Å². The molecule has 7 heteroatoms. The van der Waals surface area contributed by atoms with E-state index in [1.165, 1.54) is 6.07 Å². The van der Waals surface area contributed by atoms with Crippen LogP contribution in [0.15, 0.2) is 24.3 Å². The van der Waals surface area contributed by atoms with Crippen molar-refractivity contribution in [3.05, 3.63) is 34.4 Å². The number of anilines is 1. The summed E-state index contributed by atoms with van der Waals surface area (Å²) in [7, 11) is 0. The molecule has 1 fully saturated rings. The average Bonchev–Trinajstić information content (AvgIpc) is 2.56. The number of nitro groups is 1. The summed E-state index contributed by atoms with van der Waals surface area (Å²) in [4.78, 5) is 28.9. The van der Waals surface area contributed by atoms with E-state index in [0.717, 1.165) is 26.2 Å². The van der Waals surface area contributed by atoms with Gasteiger partial charge in [-0.2, -0.15) is 0 Å². The third-order valence-corrected chi connectivity index (χ3v) is 4.27. The van der Waals surface area contributed by atoms with Gasteiger partial charge in [-0.1, -0.05) is 12.1 Å². The molecule has 0 aromatic heterocycles. The Morgan fingerprint density at radius 2 is 1.78 bits per heavy atom. The van der Waals surface area contributed by atoms with E-state index in [1.54, 1.807) is 12.1 Å². The van der Waals surface area contributed by atoms with Gasteiger partial charge in [-0.3, -0.25) is 19.8 Å². The summed E-state index contributed by atoms with van der Waals surface area (Å²) in [6.07, 6.45) is 0. The minimum Gasteiger partial charge on any atom is -0.363 e. The van der Waals surface area contributed by atoms with Gasteiger partial charge in [-0.15, -0.1) is 0 Å². The lowest BCUT2D eigenvalue weighted by molar-refractivity contribution is -0.384. The highest BCUT2D eigenvalue weighted by Crippen LogP contribution is 2.28. The molecule has 1 aliphatic rings. The first-order chi connectivity index (χ1) is 11.1. The predicted molar refractivity (Wildman–Crippen MR) is 89.7 cm³/mol. The summed E-state index contributed by atoms with van der Waals surface area (Å²) < 4.78 is 0. The van der Waals surface area contributed by atoms with Gasteiger partial charge in [0.15, 0.2) is 0 Å². The predicted octanol–water partition coefficient (Wildman–Crippen LogP) is 1.59. The third kappa shape index (κ3) is 4.19. The summed E-state index contributed by atoms with van der Waals surface area (Å²) in [6.45, 7) is 8.69. The molecular formula is C16H24N4O3. The fourth-order valence-corrected chi connectivity index (χ4v) is 2.90. The number of nitro benzene ring substituents is 1. The second-order valence-electron chi connectivity index (χ2n) is 5.58. The fourth-order valence-electron chi connectivity index (χ4n) is 2.90. The molecule has 1 aliphatic heterocycles. The van der Waals surface area contributed by atoms with Crippen molar-refractivity contribution in [2.45, 2.75) is 13.8 Å². The Morgan fingerprint density at radius 1 is 1.17 bits per heavy atom. The lowest BCUT2D eigenvalue weighted by atomic mass is 10.2. The zero-order valence-electron chi connectivity index (χ0n) is 13.8. The van der Waals surface area contributed by atoms with Gasteiger partial charge in [0.2, 0.25) is 5.91 Å². The van der Waals surface area contributed by atoms with Gasteiger partial charge in [0.05, 0.1) is 11.5 Å². The van der Waals surface area contributed by atoms with E-state index in [1.807, 2.05) is 29.7 Å². The van der Waals surface area contributed by atoms with Gasteiger partial charge in [0, 0.05) is 45.3 Å². The molecule has 1 aromatic carbocycles. The lowest BCUT2D eigenvalue weighted by Crippen LogP contribution is -2.50. The highest BCUT2D eigenvalue weighted by atomic mass is 16.6. The summed E-state index contributed by atoms with van der Waals surface area (Å²) >= 11 is 0. The lowest BCUT2D eigenvalue weighted by Gasteiger charge is -2.36. The smallest absolute Gasteiger partial charge is 0.292 e. The number of carbonyl (C=O) groups excluding carboxylic acids is 1. The highest BCUT2D eigenvalue weighted by molar-refractivity contribution is 5.78. The van der Waals surface area contributed by atoms with Crippen LogP contribution in [0.25, 0.3) is 0 Å². The molecule has 2 rings (SSSR count). The van der Waals surface area contributed by atoms with Gasteiger partial charge < -0.3 is 9.80 Å². The molecule has 1 heterocycles. The molecule has 23 heavy (non-hydrogen) atoms. The standard InChI is InChI=1S/C16H24N4O3/c1-3-18(4-2)16(21)13-17-9-11-19(12-10-17)14-7-5-6-8-15(14)20(22)23/h5-8H,3-4,9-13H2,1-2H3. The number of hydrogen-bond donors (Lipinski definition) is 0. The number of piperazine rings is 1. The van der Waals surface area contributed by atoms with Crippen LogP contribution in [-0.4, -0.2) is 66.4 Å². The van der Waals surface area contributed by atoms with Crippen molar-refractivity contribution in [1.82, 2.24) is 9.80 Å². The number of amides is 1. The van der Waals surface area contributed by atoms with E-state index < -0.39 is 0 Å². The van der Waals surface area contributed by atoms with E-state index in [4.69, 9.17) is 0 Å². The molecular weight excluding hydrogens is 296 g/mol. The van der Waals surface area contributed by atoms with Crippen molar-refractivity contribution in [2.75, 3.05) is 50.7 Å². The number of carbonyl (C=O) groups is 1. The van der Waals surface area contributed by atoms with E-state index in [-0.39, 0.29) is 16.5 Å². The molecule has 0 bridgehead atoms. The van der Waals surface area contributed by atoms with Crippen molar-refractivity contribution in [1.29, 1.82) is 0 Å². The molecule has 1 aromatic rings. The van der Waals surface area contributed by atoms with Gasteiger partial charge in [0.25, 0.3) is 5.69 Å². The first-order valence-electron chi connectivity index (χ1n) is 8.05. The van der Waals surface area contributed by atoms with Crippen molar-refractivity contribution in [3.8, 4) is 0 Å². The monoisotopic (exact) mass is 320 g/mol.